The van der Waals surface area contributed by atoms with Gasteiger partial charge in [-0.2, -0.15) is 0 Å². The first-order valence-electron chi connectivity index (χ1n) is 8.46. The molecule has 1 aliphatic heterocycles. The Bertz CT molecular complexity index is 595. The van der Waals surface area contributed by atoms with Gasteiger partial charge in [-0.3, -0.25) is 14.9 Å². The van der Waals surface area contributed by atoms with Gasteiger partial charge < -0.3 is 15.5 Å². The molecule has 2 rings (SSSR count). The van der Waals surface area contributed by atoms with Crippen LogP contribution >= 0.6 is 24.8 Å². The molecule has 1 aromatic rings. The Hall–Kier alpha value is -1.57. The maximum absolute atomic E-state index is 12.8. The van der Waals surface area contributed by atoms with Crippen molar-refractivity contribution in [3.05, 3.63) is 34.4 Å². The number of nitrogens with zero attached hydrogens (tertiary/aromatic N) is 3. The number of hydrogen-bond acceptors (Lipinski definition) is 5. The van der Waals surface area contributed by atoms with Crippen LogP contribution in [0.2, 0.25) is 0 Å². The molecule has 1 heterocycles. The van der Waals surface area contributed by atoms with Crippen molar-refractivity contribution in [3.8, 4) is 0 Å². The third-order valence-corrected chi connectivity index (χ3v) is 5.17. The summed E-state index contributed by atoms with van der Waals surface area (Å²) in [5.41, 5.74) is 6.33. The van der Waals surface area contributed by atoms with E-state index in [2.05, 4.69) is 4.90 Å². The molecule has 0 bridgehead atoms. The van der Waals surface area contributed by atoms with Crippen LogP contribution in [0.4, 0.5) is 11.4 Å². The minimum absolute atomic E-state index is 0. The zero-order valence-electron chi connectivity index (χ0n) is 15.2. The average molecular weight is 407 g/mol. The summed E-state index contributed by atoms with van der Waals surface area (Å²) in [6, 6.07) is 6.63. The third-order valence-electron chi connectivity index (χ3n) is 5.17. The van der Waals surface area contributed by atoms with Gasteiger partial charge in [-0.1, -0.05) is 19.9 Å². The van der Waals surface area contributed by atoms with E-state index in [9.17, 15) is 14.9 Å². The molecule has 0 atom stereocenters. The van der Waals surface area contributed by atoms with Gasteiger partial charge in [0.05, 0.1) is 10.3 Å². The number of nitro benzene ring substituents is 1. The molecular weight excluding hydrogens is 379 g/mol. The van der Waals surface area contributed by atoms with Crippen molar-refractivity contribution >= 4 is 42.1 Å². The van der Waals surface area contributed by atoms with Gasteiger partial charge in [0.2, 0.25) is 5.91 Å². The minimum atomic E-state index is -0.465. The number of rotatable bonds is 6. The van der Waals surface area contributed by atoms with Crippen molar-refractivity contribution < 1.29 is 9.72 Å². The van der Waals surface area contributed by atoms with Crippen LogP contribution in [0, 0.1) is 15.5 Å². The van der Waals surface area contributed by atoms with E-state index in [0.717, 1.165) is 18.5 Å². The predicted molar refractivity (Wildman–Crippen MR) is 108 cm³/mol. The predicted octanol–water partition coefficient (Wildman–Crippen LogP) is 2.85. The number of halogens is 2. The van der Waals surface area contributed by atoms with Crippen molar-refractivity contribution in [2.75, 3.05) is 37.6 Å². The molecule has 1 aromatic carbocycles. The lowest BCUT2D eigenvalue weighted by Crippen LogP contribution is -2.54. The highest BCUT2D eigenvalue weighted by atomic mass is 35.5. The van der Waals surface area contributed by atoms with Crippen LogP contribution in [0.15, 0.2) is 24.3 Å². The zero-order valence-corrected chi connectivity index (χ0v) is 16.9. The Balaban J connectivity index is 0.00000312. The van der Waals surface area contributed by atoms with Gasteiger partial charge in [-0.15, -0.1) is 24.8 Å². The molecular formula is C17H28Cl2N4O3. The fourth-order valence-electron chi connectivity index (χ4n) is 3.23. The van der Waals surface area contributed by atoms with E-state index in [1.54, 1.807) is 12.1 Å². The lowest BCUT2D eigenvalue weighted by molar-refractivity contribution is -0.384. The van der Waals surface area contributed by atoms with Crippen molar-refractivity contribution in [2.45, 2.75) is 26.7 Å². The summed E-state index contributed by atoms with van der Waals surface area (Å²) in [5, 5.41) is 10.9. The standard InChI is InChI=1S/C17H26N4O3.2ClH/c1-3-17(4-2,13-18)16(22)20-10-8-19(9-11-20)14-6-5-7-15(12-14)21(23)24;;/h5-7,12H,3-4,8-11,13,18H2,1-2H3;2*1H. The molecule has 0 unspecified atom stereocenters. The molecule has 148 valence electrons. The lowest BCUT2D eigenvalue weighted by Gasteiger charge is -2.41. The van der Waals surface area contributed by atoms with Gasteiger partial charge in [-0.05, 0) is 18.9 Å². The summed E-state index contributed by atoms with van der Waals surface area (Å²) >= 11 is 0. The maximum Gasteiger partial charge on any atom is 0.271 e. The van der Waals surface area contributed by atoms with E-state index in [4.69, 9.17) is 5.73 Å². The van der Waals surface area contributed by atoms with Crippen molar-refractivity contribution in [1.29, 1.82) is 0 Å². The largest absolute Gasteiger partial charge is 0.368 e. The van der Waals surface area contributed by atoms with Gasteiger partial charge in [0.15, 0.2) is 0 Å². The number of piperazine rings is 1. The molecule has 7 nitrogen and oxygen atoms in total. The van der Waals surface area contributed by atoms with E-state index in [0.29, 0.717) is 32.7 Å². The fraction of sp³-hybridized carbons (Fsp3) is 0.588. The Morgan fingerprint density at radius 2 is 1.77 bits per heavy atom. The second-order valence-corrected chi connectivity index (χ2v) is 6.25. The number of non-ortho nitro benzene ring substituents is 1. The summed E-state index contributed by atoms with van der Waals surface area (Å²) in [5.74, 6) is 0.133. The van der Waals surface area contributed by atoms with E-state index in [1.807, 2.05) is 24.8 Å². The number of hydrogen-bond donors (Lipinski definition) is 1. The molecule has 1 fully saturated rings. The van der Waals surface area contributed by atoms with Gasteiger partial charge in [0, 0.05) is 50.5 Å². The zero-order chi connectivity index (χ0) is 17.7. The topological polar surface area (TPSA) is 92.7 Å². The molecule has 0 aliphatic carbocycles. The number of nitrogens with two attached hydrogens (primary N) is 1. The molecule has 0 spiro atoms. The summed E-state index contributed by atoms with van der Waals surface area (Å²) in [6.45, 7) is 6.94. The number of nitro groups is 1. The summed E-state index contributed by atoms with van der Waals surface area (Å²) in [4.78, 5) is 27.3. The second-order valence-electron chi connectivity index (χ2n) is 6.25. The highest BCUT2D eigenvalue weighted by Gasteiger charge is 2.37. The van der Waals surface area contributed by atoms with Crippen LogP contribution in [0.3, 0.4) is 0 Å². The lowest BCUT2D eigenvalue weighted by atomic mass is 9.81. The van der Waals surface area contributed by atoms with Crippen LogP contribution in [0.1, 0.15) is 26.7 Å². The van der Waals surface area contributed by atoms with Crippen molar-refractivity contribution in [1.82, 2.24) is 4.90 Å². The van der Waals surface area contributed by atoms with Crippen LogP contribution in [0.5, 0.6) is 0 Å². The van der Waals surface area contributed by atoms with E-state index in [-0.39, 0.29) is 41.3 Å². The Morgan fingerprint density at radius 1 is 1.19 bits per heavy atom. The number of amides is 1. The molecule has 0 radical (unpaired) electrons. The smallest absolute Gasteiger partial charge is 0.271 e. The second kappa shape index (κ2) is 10.5. The van der Waals surface area contributed by atoms with Crippen LogP contribution in [-0.4, -0.2) is 48.5 Å². The molecule has 1 aliphatic rings. The molecule has 1 amide bonds. The number of carbonyl (C=O) groups is 1. The summed E-state index contributed by atoms with van der Waals surface area (Å²) < 4.78 is 0. The van der Waals surface area contributed by atoms with Gasteiger partial charge in [0.25, 0.3) is 5.69 Å². The summed E-state index contributed by atoms with van der Waals surface area (Å²) in [7, 11) is 0. The SMILES string of the molecule is CCC(CC)(CN)C(=O)N1CCN(c2cccc([N+](=O)[O-])c2)CC1.Cl.Cl. The van der Waals surface area contributed by atoms with E-state index >= 15 is 0 Å². The fourth-order valence-corrected chi connectivity index (χ4v) is 3.23. The van der Waals surface area contributed by atoms with Gasteiger partial charge in [0.1, 0.15) is 0 Å². The van der Waals surface area contributed by atoms with Gasteiger partial charge >= 0.3 is 0 Å². The first-order chi connectivity index (χ1) is 11.5. The van der Waals surface area contributed by atoms with Crippen molar-refractivity contribution in [2.24, 2.45) is 11.1 Å². The molecule has 1 saturated heterocycles. The van der Waals surface area contributed by atoms with E-state index in [1.165, 1.54) is 6.07 Å². The Labute approximate surface area is 166 Å². The average Bonchev–Trinajstić information content (AvgIpc) is 2.63. The van der Waals surface area contributed by atoms with Gasteiger partial charge in [-0.25, -0.2) is 0 Å². The minimum Gasteiger partial charge on any atom is -0.368 e. The first kappa shape index (κ1) is 24.4. The molecule has 26 heavy (non-hydrogen) atoms. The maximum atomic E-state index is 12.8. The molecule has 0 aromatic heterocycles. The number of anilines is 1. The number of benzene rings is 1. The van der Waals surface area contributed by atoms with Crippen LogP contribution < -0.4 is 10.6 Å². The van der Waals surface area contributed by atoms with Crippen LogP contribution in [0.25, 0.3) is 0 Å². The van der Waals surface area contributed by atoms with Crippen molar-refractivity contribution in [3.63, 3.8) is 0 Å². The van der Waals surface area contributed by atoms with E-state index < -0.39 is 5.41 Å². The monoisotopic (exact) mass is 406 g/mol. The quantitative estimate of drug-likeness (QED) is 0.578. The third kappa shape index (κ3) is 4.99. The normalized spacial score (nSPS) is 14.3. The Morgan fingerprint density at radius 3 is 2.23 bits per heavy atom. The molecule has 9 heteroatoms. The highest BCUT2D eigenvalue weighted by molar-refractivity contribution is 5.85. The number of carbonyl (C=O) groups excluding carboxylic acids is 1. The Kier molecular flexibility index (Phi) is 9.91. The van der Waals surface area contributed by atoms with Crippen LogP contribution in [-0.2, 0) is 4.79 Å². The molecule has 2 N–H and O–H groups in total. The summed E-state index contributed by atoms with van der Waals surface area (Å²) in [6.07, 6.45) is 1.48. The first-order valence-corrected chi connectivity index (χ1v) is 8.46. The molecule has 0 saturated carbocycles. The highest BCUT2D eigenvalue weighted by Crippen LogP contribution is 2.29.